The van der Waals surface area contributed by atoms with Crippen LogP contribution in [0.4, 0.5) is 0 Å². The maximum Gasteiger partial charge on any atom is 0.227 e. The Kier molecular flexibility index (Phi) is 4.67. The molecule has 28 heavy (non-hydrogen) atoms. The van der Waals surface area contributed by atoms with Gasteiger partial charge in [-0.1, -0.05) is 24.6 Å². The van der Waals surface area contributed by atoms with Crippen LogP contribution in [0.1, 0.15) is 49.4 Å². The number of aromatic nitrogens is 3. The van der Waals surface area contributed by atoms with Crippen LogP contribution in [0.25, 0.3) is 10.9 Å². The van der Waals surface area contributed by atoms with E-state index in [4.69, 9.17) is 0 Å². The van der Waals surface area contributed by atoms with Crippen molar-refractivity contribution in [3.05, 3.63) is 54.2 Å². The van der Waals surface area contributed by atoms with Crippen LogP contribution in [0.3, 0.4) is 0 Å². The summed E-state index contributed by atoms with van der Waals surface area (Å²) < 4.78 is 2.35. The first-order valence-electron chi connectivity index (χ1n) is 10.6. The second-order valence-electron chi connectivity index (χ2n) is 8.45. The molecule has 1 saturated heterocycles. The molecule has 2 aliphatic rings. The number of H-pyrrole nitrogens is 1. The normalized spacial score (nSPS) is 20.4. The summed E-state index contributed by atoms with van der Waals surface area (Å²) in [6.45, 7) is 2.75. The molecular formula is C23H28N4O. The van der Waals surface area contributed by atoms with Gasteiger partial charge in [0, 0.05) is 55.0 Å². The molecule has 1 aliphatic heterocycles. The van der Waals surface area contributed by atoms with Crippen LogP contribution < -0.4 is 0 Å². The van der Waals surface area contributed by atoms with Crippen molar-refractivity contribution in [3.63, 3.8) is 0 Å². The number of amides is 1. The fourth-order valence-corrected chi connectivity index (χ4v) is 4.76. The molecule has 0 bridgehead atoms. The van der Waals surface area contributed by atoms with E-state index in [0.717, 1.165) is 54.9 Å². The first-order chi connectivity index (χ1) is 13.8. The number of rotatable bonds is 5. The van der Waals surface area contributed by atoms with E-state index in [1.54, 1.807) is 0 Å². The maximum atomic E-state index is 13.0. The summed E-state index contributed by atoms with van der Waals surface area (Å²) in [5.41, 5.74) is 2.19. The Hall–Kier alpha value is -2.56. The van der Waals surface area contributed by atoms with Gasteiger partial charge in [0.2, 0.25) is 5.91 Å². The number of likely N-dealkylation sites (tertiary alicyclic amines) is 1. The average molecular weight is 377 g/mol. The molecular weight excluding hydrogens is 348 g/mol. The second kappa shape index (κ2) is 7.46. The Morgan fingerprint density at radius 1 is 1.18 bits per heavy atom. The van der Waals surface area contributed by atoms with E-state index < -0.39 is 0 Å². The number of carbonyl (C=O) groups is 1. The third kappa shape index (κ3) is 3.34. The van der Waals surface area contributed by atoms with Gasteiger partial charge in [0.05, 0.1) is 6.42 Å². The average Bonchev–Trinajstić information content (AvgIpc) is 3.32. The van der Waals surface area contributed by atoms with Crippen LogP contribution >= 0.6 is 0 Å². The lowest BCUT2D eigenvalue weighted by molar-refractivity contribution is -0.131. The summed E-state index contributed by atoms with van der Waals surface area (Å²) in [6.07, 6.45) is 12.7. The van der Waals surface area contributed by atoms with E-state index in [1.165, 1.54) is 25.1 Å². The number of benzene rings is 1. The molecule has 3 aromatic rings. The molecule has 5 nitrogen and oxygen atoms in total. The number of nitrogens with one attached hydrogen (secondary N) is 1. The molecule has 1 N–H and O–H groups in total. The number of aromatic amines is 1. The lowest BCUT2D eigenvalue weighted by atomic mass is 9.85. The van der Waals surface area contributed by atoms with Crippen LogP contribution in [0.15, 0.2) is 42.9 Å². The predicted octanol–water partition coefficient (Wildman–Crippen LogP) is 4.11. The van der Waals surface area contributed by atoms with Crippen molar-refractivity contribution in [3.8, 4) is 0 Å². The number of hydrogen-bond donors (Lipinski definition) is 1. The molecule has 1 aromatic carbocycles. The largest absolute Gasteiger partial charge is 0.361 e. The Labute approximate surface area is 165 Å². The van der Waals surface area contributed by atoms with E-state index in [-0.39, 0.29) is 5.91 Å². The van der Waals surface area contributed by atoms with Gasteiger partial charge >= 0.3 is 0 Å². The minimum atomic E-state index is 0.228. The van der Waals surface area contributed by atoms with E-state index in [9.17, 15) is 4.79 Å². The lowest BCUT2D eigenvalue weighted by Gasteiger charge is -2.33. The minimum absolute atomic E-state index is 0.228. The van der Waals surface area contributed by atoms with Crippen molar-refractivity contribution < 1.29 is 4.79 Å². The smallest absolute Gasteiger partial charge is 0.227 e. The highest BCUT2D eigenvalue weighted by molar-refractivity contribution is 5.88. The van der Waals surface area contributed by atoms with Crippen molar-refractivity contribution >= 4 is 16.8 Å². The van der Waals surface area contributed by atoms with Gasteiger partial charge in [0.25, 0.3) is 0 Å². The van der Waals surface area contributed by atoms with Crippen LogP contribution in [-0.4, -0.2) is 38.4 Å². The highest BCUT2D eigenvalue weighted by Crippen LogP contribution is 2.31. The van der Waals surface area contributed by atoms with Crippen LogP contribution in [0.5, 0.6) is 0 Å². The molecule has 3 heterocycles. The summed E-state index contributed by atoms with van der Waals surface area (Å²) in [7, 11) is 0. The van der Waals surface area contributed by atoms with Crippen LogP contribution in [-0.2, 0) is 17.8 Å². The number of fused-ring (bicyclic) bond motifs is 1. The van der Waals surface area contributed by atoms with Gasteiger partial charge in [-0.15, -0.1) is 0 Å². The molecule has 1 saturated carbocycles. The summed E-state index contributed by atoms with van der Waals surface area (Å²) >= 11 is 0. The Morgan fingerprint density at radius 3 is 2.93 bits per heavy atom. The second-order valence-corrected chi connectivity index (χ2v) is 8.45. The summed E-state index contributed by atoms with van der Waals surface area (Å²) in [6, 6.07) is 8.20. The SMILES string of the molecule is O=C(Cc1c[nH]c2ccccc12)N1CCC[C@H](c2nccn2CC2CCC2)C1. The van der Waals surface area contributed by atoms with Crippen molar-refractivity contribution in [1.82, 2.24) is 19.4 Å². The number of carbonyl (C=O) groups excluding carboxylic acids is 1. The summed E-state index contributed by atoms with van der Waals surface area (Å²) in [4.78, 5) is 23.0. The first kappa shape index (κ1) is 17.5. The topological polar surface area (TPSA) is 53.9 Å². The first-order valence-corrected chi connectivity index (χ1v) is 10.6. The third-order valence-corrected chi connectivity index (χ3v) is 6.58. The maximum absolute atomic E-state index is 13.0. The van der Waals surface area contributed by atoms with E-state index in [2.05, 4.69) is 37.8 Å². The molecule has 146 valence electrons. The monoisotopic (exact) mass is 376 g/mol. The number of para-hydroxylation sites is 1. The molecule has 0 radical (unpaired) electrons. The molecule has 5 rings (SSSR count). The molecule has 0 unspecified atom stereocenters. The highest BCUT2D eigenvalue weighted by Gasteiger charge is 2.28. The predicted molar refractivity (Wildman–Crippen MR) is 110 cm³/mol. The van der Waals surface area contributed by atoms with Gasteiger partial charge in [0.15, 0.2) is 0 Å². The number of nitrogens with zero attached hydrogens (tertiary/aromatic N) is 3. The molecule has 0 spiro atoms. The van der Waals surface area contributed by atoms with Gasteiger partial charge in [0.1, 0.15) is 5.82 Å². The fourth-order valence-electron chi connectivity index (χ4n) is 4.76. The van der Waals surface area contributed by atoms with Crippen LogP contribution in [0, 0.1) is 5.92 Å². The molecule has 1 amide bonds. The van der Waals surface area contributed by atoms with Crippen molar-refractivity contribution in [2.75, 3.05) is 13.1 Å². The number of imidazole rings is 1. The third-order valence-electron chi connectivity index (χ3n) is 6.58. The zero-order valence-electron chi connectivity index (χ0n) is 16.3. The Bertz CT molecular complexity index is 968. The lowest BCUT2D eigenvalue weighted by Crippen LogP contribution is -2.40. The molecule has 2 aromatic heterocycles. The standard InChI is InChI=1S/C23H28N4O/c28-22(13-19-14-25-21-9-2-1-8-20(19)21)26-11-4-7-18(16-26)23-24-10-12-27(23)15-17-5-3-6-17/h1-2,8-10,12,14,17-18,25H,3-7,11,13,15-16H2/t18-/m0/s1. The quantitative estimate of drug-likeness (QED) is 0.728. The number of piperidine rings is 1. The van der Waals surface area contributed by atoms with E-state index >= 15 is 0 Å². The van der Waals surface area contributed by atoms with Gasteiger partial charge in [-0.3, -0.25) is 4.79 Å². The van der Waals surface area contributed by atoms with Crippen molar-refractivity contribution in [2.24, 2.45) is 5.92 Å². The van der Waals surface area contributed by atoms with Gasteiger partial charge in [-0.25, -0.2) is 4.98 Å². The minimum Gasteiger partial charge on any atom is -0.361 e. The summed E-state index contributed by atoms with van der Waals surface area (Å²) in [5, 5.41) is 1.15. The van der Waals surface area contributed by atoms with Crippen molar-refractivity contribution in [1.29, 1.82) is 0 Å². The van der Waals surface area contributed by atoms with Gasteiger partial charge < -0.3 is 14.5 Å². The molecule has 1 aliphatic carbocycles. The van der Waals surface area contributed by atoms with Crippen LogP contribution in [0.2, 0.25) is 0 Å². The molecule has 1 atom stereocenters. The zero-order valence-corrected chi connectivity index (χ0v) is 16.3. The Balaban J connectivity index is 1.28. The molecule has 5 heteroatoms. The van der Waals surface area contributed by atoms with Gasteiger partial charge in [-0.2, -0.15) is 0 Å². The van der Waals surface area contributed by atoms with Gasteiger partial charge in [-0.05, 0) is 43.2 Å². The fraction of sp³-hybridized carbons (Fsp3) is 0.478. The van der Waals surface area contributed by atoms with Crippen molar-refractivity contribution in [2.45, 2.75) is 51.0 Å². The highest BCUT2D eigenvalue weighted by atomic mass is 16.2. The summed E-state index contributed by atoms with van der Waals surface area (Å²) in [5.74, 6) is 2.58. The zero-order chi connectivity index (χ0) is 18.9. The number of hydrogen-bond acceptors (Lipinski definition) is 2. The Morgan fingerprint density at radius 2 is 2.07 bits per heavy atom. The molecule has 2 fully saturated rings. The van der Waals surface area contributed by atoms with E-state index in [0.29, 0.717) is 12.3 Å². The van der Waals surface area contributed by atoms with E-state index in [1.807, 2.05) is 24.5 Å².